The van der Waals surface area contributed by atoms with E-state index in [-0.39, 0.29) is 0 Å². The fourth-order valence-electron chi connectivity index (χ4n) is 1.81. The second-order valence-corrected chi connectivity index (χ2v) is 5.92. The fourth-order valence-corrected chi connectivity index (χ4v) is 2.69. The van der Waals surface area contributed by atoms with Crippen molar-refractivity contribution in [3.05, 3.63) is 47.3 Å². The van der Waals surface area contributed by atoms with Gasteiger partial charge in [0.25, 0.3) is 0 Å². The molecule has 0 fully saturated rings. The van der Waals surface area contributed by atoms with Crippen LogP contribution in [-0.4, -0.2) is 30.2 Å². The third-order valence-electron chi connectivity index (χ3n) is 3.04. The molecule has 0 bridgehead atoms. The number of rotatable bonds is 7. The third kappa shape index (κ3) is 5.12. The Kier molecular flexibility index (Phi) is 6.17. The normalized spacial score (nSPS) is 10.8. The molecule has 2 rings (SSSR count). The lowest BCUT2D eigenvalue weighted by Crippen LogP contribution is -2.18. The number of aryl methyl sites for hydroxylation is 2. The van der Waals surface area contributed by atoms with Crippen molar-refractivity contribution in [2.24, 2.45) is 0 Å². The van der Waals surface area contributed by atoms with Crippen LogP contribution < -0.4 is 5.32 Å². The van der Waals surface area contributed by atoms with Crippen LogP contribution in [0.15, 0.2) is 40.6 Å². The van der Waals surface area contributed by atoms with Crippen LogP contribution >= 0.6 is 11.8 Å². The number of hydrogen-bond acceptors (Lipinski definition) is 5. The minimum atomic E-state index is 0.710. The Morgan fingerprint density at radius 2 is 1.95 bits per heavy atom. The second-order valence-electron chi connectivity index (χ2n) is 4.91. The van der Waals surface area contributed by atoms with E-state index in [1.54, 1.807) is 18.9 Å². The topological polar surface area (TPSA) is 47.0 Å². The zero-order valence-electron chi connectivity index (χ0n) is 12.7. The fraction of sp³-hybridized carbons (Fsp3) is 0.375. The first-order chi connectivity index (χ1) is 10.2. The molecule has 0 spiro atoms. The van der Waals surface area contributed by atoms with Crippen molar-refractivity contribution in [1.29, 1.82) is 0 Å². The largest absolute Gasteiger partial charge is 0.383 e. The lowest BCUT2D eigenvalue weighted by atomic mass is 10.2. The summed E-state index contributed by atoms with van der Waals surface area (Å²) >= 11 is 1.61. The molecule has 0 unspecified atom stereocenters. The maximum Gasteiger partial charge on any atom is 0.192 e. The number of ether oxygens (including phenoxy) is 1. The lowest BCUT2D eigenvalue weighted by Gasteiger charge is -2.07. The Bertz CT molecular complexity index is 572. The minimum Gasteiger partial charge on any atom is -0.383 e. The molecule has 0 saturated carbocycles. The molecule has 1 heterocycles. The van der Waals surface area contributed by atoms with E-state index in [0.717, 1.165) is 23.8 Å². The van der Waals surface area contributed by atoms with Crippen molar-refractivity contribution in [2.45, 2.75) is 30.4 Å². The molecule has 5 heteroatoms. The molecular formula is C16H21N3OS. The molecule has 0 aliphatic carbocycles. The van der Waals surface area contributed by atoms with E-state index in [0.29, 0.717) is 6.61 Å². The average molecular weight is 303 g/mol. The number of nitrogens with zero attached hydrogens (tertiary/aromatic N) is 2. The molecule has 0 saturated heterocycles. The van der Waals surface area contributed by atoms with Crippen LogP contribution in [0.3, 0.4) is 0 Å². The highest BCUT2D eigenvalue weighted by Gasteiger charge is 2.04. The summed E-state index contributed by atoms with van der Waals surface area (Å²) in [5.74, 6) is 0. The van der Waals surface area contributed by atoms with Crippen LogP contribution in [0.1, 0.15) is 16.7 Å². The summed E-state index contributed by atoms with van der Waals surface area (Å²) in [6, 6.07) is 6.42. The molecule has 2 aromatic rings. The van der Waals surface area contributed by atoms with Crippen molar-refractivity contribution in [3.8, 4) is 0 Å². The van der Waals surface area contributed by atoms with Gasteiger partial charge in [-0.05, 0) is 42.8 Å². The van der Waals surface area contributed by atoms with Crippen LogP contribution in [0, 0.1) is 13.8 Å². The highest BCUT2D eigenvalue weighted by atomic mass is 32.2. The quantitative estimate of drug-likeness (QED) is 0.629. The first-order valence-electron chi connectivity index (χ1n) is 6.94. The summed E-state index contributed by atoms with van der Waals surface area (Å²) in [6.07, 6.45) is 3.75. The van der Waals surface area contributed by atoms with Crippen LogP contribution in [-0.2, 0) is 11.3 Å². The van der Waals surface area contributed by atoms with E-state index in [1.165, 1.54) is 16.0 Å². The zero-order valence-corrected chi connectivity index (χ0v) is 13.5. The van der Waals surface area contributed by atoms with E-state index in [9.17, 15) is 0 Å². The standard InChI is InChI=1S/C16H21N3OS/c1-12-4-5-13(2)15(8-12)21-16-18-10-14(11-19-16)9-17-6-7-20-3/h4-5,8,10-11,17H,6-7,9H2,1-3H3. The van der Waals surface area contributed by atoms with Gasteiger partial charge >= 0.3 is 0 Å². The average Bonchev–Trinajstić information content (AvgIpc) is 2.49. The zero-order chi connectivity index (χ0) is 15.1. The van der Waals surface area contributed by atoms with Gasteiger partial charge < -0.3 is 10.1 Å². The number of aromatic nitrogens is 2. The molecule has 0 radical (unpaired) electrons. The molecule has 0 aliphatic heterocycles. The first-order valence-corrected chi connectivity index (χ1v) is 7.76. The third-order valence-corrected chi connectivity index (χ3v) is 4.09. The summed E-state index contributed by atoms with van der Waals surface area (Å²) in [5, 5.41) is 4.06. The van der Waals surface area contributed by atoms with Crippen LogP contribution in [0.4, 0.5) is 0 Å². The van der Waals surface area contributed by atoms with Crippen molar-refractivity contribution in [1.82, 2.24) is 15.3 Å². The van der Waals surface area contributed by atoms with Crippen LogP contribution in [0.2, 0.25) is 0 Å². The highest BCUT2D eigenvalue weighted by molar-refractivity contribution is 7.99. The molecule has 1 aromatic heterocycles. The lowest BCUT2D eigenvalue weighted by molar-refractivity contribution is 0.199. The molecule has 1 aromatic carbocycles. The Morgan fingerprint density at radius 3 is 2.67 bits per heavy atom. The SMILES string of the molecule is COCCNCc1cnc(Sc2cc(C)ccc2C)nc1. The molecule has 1 N–H and O–H groups in total. The van der Waals surface area contributed by atoms with Gasteiger partial charge in [0.15, 0.2) is 5.16 Å². The Labute approximate surface area is 130 Å². The molecule has 4 nitrogen and oxygen atoms in total. The van der Waals surface area contributed by atoms with Gasteiger partial charge in [0, 0.05) is 43.1 Å². The van der Waals surface area contributed by atoms with Crippen LogP contribution in [0.5, 0.6) is 0 Å². The number of methoxy groups -OCH3 is 1. The predicted octanol–water partition coefficient (Wildman–Crippen LogP) is 2.98. The number of hydrogen-bond donors (Lipinski definition) is 1. The Balaban J connectivity index is 1.94. The van der Waals surface area contributed by atoms with E-state index >= 15 is 0 Å². The molecular weight excluding hydrogens is 282 g/mol. The monoisotopic (exact) mass is 303 g/mol. The molecule has 112 valence electrons. The van der Waals surface area contributed by atoms with Gasteiger partial charge in [-0.1, -0.05) is 12.1 Å². The summed E-state index contributed by atoms with van der Waals surface area (Å²) in [7, 11) is 1.70. The summed E-state index contributed by atoms with van der Waals surface area (Å²) in [4.78, 5) is 10.1. The van der Waals surface area contributed by atoms with Gasteiger partial charge in [0.1, 0.15) is 0 Å². The molecule has 0 atom stereocenters. The smallest absolute Gasteiger partial charge is 0.192 e. The minimum absolute atomic E-state index is 0.710. The molecule has 0 amide bonds. The van der Waals surface area contributed by atoms with Gasteiger partial charge in [-0.15, -0.1) is 0 Å². The van der Waals surface area contributed by atoms with Gasteiger partial charge in [0.2, 0.25) is 0 Å². The Morgan fingerprint density at radius 1 is 1.19 bits per heavy atom. The second kappa shape index (κ2) is 8.12. The van der Waals surface area contributed by atoms with Gasteiger partial charge in [-0.25, -0.2) is 9.97 Å². The number of nitrogens with one attached hydrogen (secondary N) is 1. The molecule has 21 heavy (non-hydrogen) atoms. The molecule has 0 aliphatic rings. The van der Waals surface area contributed by atoms with Crippen molar-refractivity contribution in [2.75, 3.05) is 20.3 Å². The predicted molar refractivity (Wildman–Crippen MR) is 85.7 cm³/mol. The first kappa shape index (κ1) is 15.9. The van der Waals surface area contributed by atoms with Gasteiger partial charge in [-0.3, -0.25) is 0 Å². The van der Waals surface area contributed by atoms with E-state index in [4.69, 9.17) is 4.74 Å². The van der Waals surface area contributed by atoms with Crippen molar-refractivity contribution in [3.63, 3.8) is 0 Å². The van der Waals surface area contributed by atoms with E-state index in [1.807, 2.05) is 12.4 Å². The van der Waals surface area contributed by atoms with E-state index < -0.39 is 0 Å². The maximum absolute atomic E-state index is 4.99. The summed E-state index contributed by atoms with van der Waals surface area (Å²) in [5.41, 5.74) is 3.58. The summed E-state index contributed by atoms with van der Waals surface area (Å²) < 4.78 is 4.99. The van der Waals surface area contributed by atoms with Crippen LogP contribution in [0.25, 0.3) is 0 Å². The van der Waals surface area contributed by atoms with Gasteiger partial charge in [0.05, 0.1) is 6.61 Å². The van der Waals surface area contributed by atoms with Gasteiger partial charge in [-0.2, -0.15) is 0 Å². The Hall–Kier alpha value is -1.43. The maximum atomic E-state index is 4.99. The summed E-state index contributed by atoms with van der Waals surface area (Å²) in [6.45, 7) is 6.50. The van der Waals surface area contributed by atoms with Crippen molar-refractivity contribution < 1.29 is 4.74 Å². The number of benzene rings is 1. The van der Waals surface area contributed by atoms with E-state index in [2.05, 4.69) is 47.3 Å². The highest BCUT2D eigenvalue weighted by Crippen LogP contribution is 2.28. The van der Waals surface area contributed by atoms with Crippen molar-refractivity contribution >= 4 is 11.8 Å².